The van der Waals surface area contributed by atoms with Gasteiger partial charge in [0.15, 0.2) is 0 Å². The third-order valence-corrected chi connectivity index (χ3v) is 2.76. The van der Waals surface area contributed by atoms with Crippen LogP contribution >= 0.6 is 0 Å². The molecule has 0 saturated heterocycles. The predicted octanol–water partition coefficient (Wildman–Crippen LogP) is 1.10. The van der Waals surface area contributed by atoms with Gasteiger partial charge in [-0.25, -0.2) is 0 Å². The molecule has 0 fully saturated rings. The average molecular weight is 177 g/mol. The third-order valence-electron chi connectivity index (χ3n) is 1.80. The summed E-state index contributed by atoms with van der Waals surface area (Å²) in [6, 6.07) is 0.445. The number of hydrogen-bond donors (Lipinski definition) is 0. The summed E-state index contributed by atoms with van der Waals surface area (Å²) in [7, 11) is 1.42. The molecule has 68 valence electrons. The van der Waals surface area contributed by atoms with Crippen molar-refractivity contribution < 1.29 is 4.21 Å². The zero-order valence-electron chi connectivity index (χ0n) is 7.96. The zero-order valence-corrected chi connectivity index (χ0v) is 8.78. The predicted molar refractivity (Wildman–Crippen MR) is 51.3 cm³/mol. The topological polar surface area (TPSA) is 20.3 Å². The monoisotopic (exact) mass is 177 g/mol. The van der Waals surface area contributed by atoms with Crippen molar-refractivity contribution in [2.75, 3.05) is 25.6 Å². The van der Waals surface area contributed by atoms with E-state index in [0.29, 0.717) is 6.04 Å². The Hall–Kier alpha value is 0.110. The van der Waals surface area contributed by atoms with Crippen LogP contribution in [0.25, 0.3) is 0 Å². The van der Waals surface area contributed by atoms with Crippen LogP contribution in [0, 0.1) is 0 Å². The van der Waals surface area contributed by atoms with Gasteiger partial charge in [-0.1, -0.05) is 6.92 Å². The van der Waals surface area contributed by atoms with Crippen LogP contribution in [-0.2, 0) is 10.8 Å². The molecule has 0 aliphatic heterocycles. The van der Waals surface area contributed by atoms with E-state index in [4.69, 9.17) is 0 Å². The second-order valence-corrected chi connectivity index (χ2v) is 4.55. The maximum absolute atomic E-state index is 10.8. The molecular formula is C8H19NOS. The summed E-state index contributed by atoms with van der Waals surface area (Å²) in [6.07, 6.45) is 2.92. The minimum Gasteiger partial charge on any atom is -0.303 e. The molecule has 2 atom stereocenters. The van der Waals surface area contributed by atoms with E-state index >= 15 is 0 Å². The molecule has 0 aliphatic carbocycles. The van der Waals surface area contributed by atoms with Crippen LogP contribution in [0.2, 0.25) is 0 Å². The van der Waals surface area contributed by atoms with Crippen molar-refractivity contribution >= 4 is 10.8 Å². The van der Waals surface area contributed by atoms with Gasteiger partial charge in [-0.05, 0) is 26.9 Å². The maximum atomic E-state index is 10.8. The van der Waals surface area contributed by atoms with Gasteiger partial charge in [0.25, 0.3) is 0 Å². The summed E-state index contributed by atoms with van der Waals surface area (Å²) in [5.41, 5.74) is 0. The molecule has 0 aliphatic rings. The Morgan fingerprint density at radius 2 is 2.09 bits per heavy atom. The Morgan fingerprint density at radius 1 is 1.55 bits per heavy atom. The molecule has 3 heteroatoms. The van der Waals surface area contributed by atoms with Gasteiger partial charge in [-0.15, -0.1) is 0 Å². The third kappa shape index (κ3) is 5.39. The highest BCUT2D eigenvalue weighted by atomic mass is 32.2. The first-order valence-corrected chi connectivity index (χ1v) is 5.81. The molecule has 0 rings (SSSR count). The van der Waals surface area contributed by atoms with Gasteiger partial charge in [-0.2, -0.15) is 0 Å². The van der Waals surface area contributed by atoms with Crippen molar-refractivity contribution in [3.8, 4) is 0 Å². The van der Waals surface area contributed by atoms with E-state index < -0.39 is 10.8 Å². The molecular weight excluding hydrogens is 158 g/mol. The minimum atomic E-state index is -0.661. The Labute approximate surface area is 72.4 Å². The van der Waals surface area contributed by atoms with Gasteiger partial charge in [0.1, 0.15) is 0 Å². The lowest BCUT2D eigenvalue weighted by molar-refractivity contribution is 0.277. The Morgan fingerprint density at radius 3 is 2.45 bits per heavy atom. The van der Waals surface area contributed by atoms with Crippen molar-refractivity contribution in [3.63, 3.8) is 0 Å². The van der Waals surface area contributed by atoms with Gasteiger partial charge in [0, 0.05) is 28.9 Å². The van der Waals surface area contributed by atoms with E-state index in [-0.39, 0.29) is 0 Å². The molecule has 0 bridgehead atoms. The largest absolute Gasteiger partial charge is 0.303 e. The summed E-state index contributed by atoms with van der Waals surface area (Å²) in [5, 5.41) is 0. The van der Waals surface area contributed by atoms with Crippen LogP contribution < -0.4 is 0 Å². The number of hydrogen-bond acceptors (Lipinski definition) is 2. The molecule has 0 N–H and O–H groups in total. The molecule has 11 heavy (non-hydrogen) atoms. The molecule has 0 aromatic carbocycles. The molecule has 0 radical (unpaired) electrons. The smallest absolute Gasteiger partial charge is 0.0385 e. The normalized spacial score (nSPS) is 16.8. The fraction of sp³-hybridized carbons (Fsp3) is 1.00. The molecule has 0 aromatic heterocycles. The van der Waals surface area contributed by atoms with Crippen LogP contribution in [0.5, 0.6) is 0 Å². The first-order valence-electron chi connectivity index (χ1n) is 4.08. The summed E-state index contributed by atoms with van der Waals surface area (Å²) >= 11 is 0. The van der Waals surface area contributed by atoms with E-state index in [1.807, 2.05) is 0 Å². The number of nitrogens with zero attached hydrogens (tertiary/aromatic N) is 1. The van der Waals surface area contributed by atoms with Crippen molar-refractivity contribution in [1.82, 2.24) is 4.90 Å². The Kier molecular flexibility index (Phi) is 5.78. The Balaban J connectivity index is 3.63. The zero-order chi connectivity index (χ0) is 8.85. The SMILES string of the molecule is CCCN(C)C(C)CS(C)=O. The average Bonchev–Trinajstić information content (AvgIpc) is 1.86. The molecule has 0 heterocycles. The molecule has 0 spiro atoms. The first-order chi connectivity index (χ1) is 5.07. The van der Waals surface area contributed by atoms with Crippen LogP contribution in [0.1, 0.15) is 20.3 Å². The quantitative estimate of drug-likeness (QED) is 0.626. The summed E-state index contributed by atoms with van der Waals surface area (Å²) in [5.74, 6) is 0.788. The molecule has 0 saturated carbocycles. The molecule has 2 nitrogen and oxygen atoms in total. The van der Waals surface area contributed by atoms with Crippen LogP contribution in [0.3, 0.4) is 0 Å². The summed E-state index contributed by atoms with van der Waals surface area (Å²) in [6.45, 7) is 5.38. The second-order valence-electron chi connectivity index (χ2n) is 3.07. The lowest BCUT2D eigenvalue weighted by Gasteiger charge is -2.22. The van der Waals surface area contributed by atoms with Gasteiger partial charge in [0.2, 0.25) is 0 Å². The molecule has 0 amide bonds. The fourth-order valence-corrected chi connectivity index (χ4v) is 1.97. The van der Waals surface area contributed by atoms with E-state index in [1.165, 1.54) is 0 Å². The lowest BCUT2D eigenvalue weighted by atomic mass is 10.3. The van der Waals surface area contributed by atoms with Gasteiger partial charge in [-0.3, -0.25) is 4.21 Å². The highest BCUT2D eigenvalue weighted by molar-refractivity contribution is 7.84. The van der Waals surface area contributed by atoms with Gasteiger partial charge in [0.05, 0.1) is 0 Å². The van der Waals surface area contributed by atoms with Crippen LogP contribution in [0.4, 0.5) is 0 Å². The van der Waals surface area contributed by atoms with Crippen LogP contribution in [-0.4, -0.2) is 40.8 Å². The first kappa shape index (κ1) is 11.1. The van der Waals surface area contributed by atoms with Crippen molar-refractivity contribution in [3.05, 3.63) is 0 Å². The van der Waals surface area contributed by atoms with Crippen molar-refractivity contribution in [2.45, 2.75) is 26.3 Å². The van der Waals surface area contributed by atoms with E-state index in [1.54, 1.807) is 6.26 Å². The lowest BCUT2D eigenvalue weighted by Crippen LogP contribution is -2.33. The molecule has 0 aromatic rings. The fourth-order valence-electron chi connectivity index (χ4n) is 1.04. The maximum Gasteiger partial charge on any atom is 0.0385 e. The molecule has 2 unspecified atom stereocenters. The summed E-state index contributed by atoms with van der Waals surface area (Å²) in [4.78, 5) is 2.25. The standard InChI is InChI=1S/C8H19NOS/c1-5-6-9(3)8(2)7-11(4)10/h8H,5-7H2,1-4H3. The highest BCUT2D eigenvalue weighted by Gasteiger charge is 2.08. The van der Waals surface area contributed by atoms with Crippen molar-refractivity contribution in [1.29, 1.82) is 0 Å². The second kappa shape index (κ2) is 5.72. The van der Waals surface area contributed by atoms with Crippen LogP contribution in [0.15, 0.2) is 0 Å². The summed E-state index contributed by atoms with van der Waals surface area (Å²) < 4.78 is 10.8. The minimum absolute atomic E-state index is 0.445. The van der Waals surface area contributed by atoms with Gasteiger partial charge < -0.3 is 4.90 Å². The van der Waals surface area contributed by atoms with Gasteiger partial charge >= 0.3 is 0 Å². The van der Waals surface area contributed by atoms with E-state index in [2.05, 4.69) is 25.8 Å². The van der Waals surface area contributed by atoms with E-state index in [0.717, 1.165) is 18.7 Å². The van der Waals surface area contributed by atoms with Crippen molar-refractivity contribution in [2.24, 2.45) is 0 Å². The Bertz CT molecular complexity index is 127. The highest BCUT2D eigenvalue weighted by Crippen LogP contribution is 1.97. The number of rotatable bonds is 5. The van der Waals surface area contributed by atoms with E-state index in [9.17, 15) is 4.21 Å².